The molecule has 0 radical (unpaired) electrons. The number of benzene rings is 2. The lowest BCUT2D eigenvalue weighted by Crippen LogP contribution is -2.02. The molecule has 0 saturated heterocycles. The summed E-state index contributed by atoms with van der Waals surface area (Å²) >= 11 is 18.5. The zero-order chi connectivity index (χ0) is 15.1. The van der Waals surface area contributed by atoms with Gasteiger partial charge < -0.3 is 0 Å². The number of aryl methyl sites for hydroxylation is 1. The smallest absolute Gasteiger partial charge is 0.132 e. The summed E-state index contributed by atoms with van der Waals surface area (Å²) in [5.41, 5.74) is 3.87. The first-order valence-electron chi connectivity index (χ1n) is 6.56. The summed E-state index contributed by atoms with van der Waals surface area (Å²) in [5.74, 6) is 0.774. The van der Waals surface area contributed by atoms with E-state index in [1.807, 2.05) is 29.7 Å². The molecule has 108 valence electrons. The molecule has 2 nitrogen and oxygen atoms in total. The highest BCUT2D eigenvalue weighted by molar-refractivity contribution is 6.42. The van der Waals surface area contributed by atoms with Gasteiger partial charge in [0.05, 0.1) is 26.5 Å². The van der Waals surface area contributed by atoms with E-state index in [0.29, 0.717) is 10.0 Å². The SMILES string of the molecule is Cc1cccc(-n2c(C(C)Cl)nc3cc(Cl)c(Cl)cc32)c1. The molecule has 1 unspecified atom stereocenters. The Hall–Kier alpha value is -1.22. The number of nitrogens with zero attached hydrogens (tertiary/aromatic N) is 2. The van der Waals surface area contributed by atoms with Crippen molar-refractivity contribution in [2.24, 2.45) is 0 Å². The van der Waals surface area contributed by atoms with Crippen molar-refractivity contribution in [3.05, 3.63) is 57.8 Å². The molecule has 1 heterocycles. The molecule has 0 aliphatic carbocycles. The first kappa shape index (κ1) is 14.7. The van der Waals surface area contributed by atoms with E-state index in [-0.39, 0.29) is 5.38 Å². The first-order chi connectivity index (χ1) is 9.97. The van der Waals surface area contributed by atoms with Gasteiger partial charge in [-0.25, -0.2) is 4.98 Å². The maximum absolute atomic E-state index is 6.30. The third-order valence-electron chi connectivity index (χ3n) is 3.34. The van der Waals surface area contributed by atoms with Gasteiger partial charge in [0.25, 0.3) is 0 Å². The predicted molar refractivity (Wildman–Crippen MR) is 90.1 cm³/mol. The maximum atomic E-state index is 6.30. The van der Waals surface area contributed by atoms with Gasteiger partial charge in [-0.15, -0.1) is 11.6 Å². The second-order valence-electron chi connectivity index (χ2n) is 5.02. The number of rotatable bonds is 2. The Labute approximate surface area is 138 Å². The van der Waals surface area contributed by atoms with E-state index in [2.05, 4.69) is 24.0 Å². The van der Waals surface area contributed by atoms with Crippen molar-refractivity contribution in [1.82, 2.24) is 9.55 Å². The van der Waals surface area contributed by atoms with Crippen molar-refractivity contribution in [3.63, 3.8) is 0 Å². The fourth-order valence-electron chi connectivity index (χ4n) is 2.40. The number of hydrogen-bond donors (Lipinski definition) is 0. The molecule has 0 N–H and O–H groups in total. The van der Waals surface area contributed by atoms with Crippen LogP contribution in [0.2, 0.25) is 10.0 Å². The number of fused-ring (bicyclic) bond motifs is 1. The molecule has 0 spiro atoms. The van der Waals surface area contributed by atoms with Crippen LogP contribution in [-0.4, -0.2) is 9.55 Å². The van der Waals surface area contributed by atoms with Gasteiger partial charge >= 0.3 is 0 Å². The van der Waals surface area contributed by atoms with Gasteiger partial charge in [-0.05, 0) is 43.7 Å². The van der Waals surface area contributed by atoms with Crippen LogP contribution in [-0.2, 0) is 0 Å². The summed E-state index contributed by atoms with van der Waals surface area (Å²) in [6.07, 6.45) is 0. The quantitative estimate of drug-likeness (QED) is 0.528. The van der Waals surface area contributed by atoms with Gasteiger partial charge in [-0.2, -0.15) is 0 Å². The third-order valence-corrected chi connectivity index (χ3v) is 4.26. The van der Waals surface area contributed by atoms with Crippen LogP contribution in [0, 0.1) is 6.92 Å². The third kappa shape index (κ3) is 2.64. The summed E-state index contributed by atoms with van der Waals surface area (Å²) in [4.78, 5) is 4.61. The van der Waals surface area contributed by atoms with Gasteiger partial charge in [0.15, 0.2) is 0 Å². The fourth-order valence-corrected chi connectivity index (χ4v) is 2.86. The van der Waals surface area contributed by atoms with Crippen LogP contribution in [0.1, 0.15) is 23.7 Å². The van der Waals surface area contributed by atoms with Crippen molar-refractivity contribution < 1.29 is 0 Å². The summed E-state index contributed by atoms with van der Waals surface area (Å²) in [7, 11) is 0. The van der Waals surface area contributed by atoms with Crippen molar-refractivity contribution in [1.29, 1.82) is 0 Å². The summed E-state index contributed by atoms with van der Waals surface area (Å²) in [6, 6.07) is 11.8. The minimum Gasteiger partial charge on any atom is -0.295 e. The normalized spacial score (nSPS) is 12.8. The molecule has 3 aromatic rings. The molecule has 0 saturated carbocycles. The topological polar surface area (TPSA) is 17.8 Å². The van der Waals surface area contributed by atoms with E-state index in [9.17, 15) is 0 Å². The van der Waals surface area contributed by atoms with E-state index in [0.717, 1.165) is 22.5 Å². The molecule has 1 aromatic heterocycles. The van der Waals surface area contributed by atoms with Crippen LogP contribution in [0.25, 0.3) is 16.7 Å². The standard InChI is InChI=1S/C16H13Cl3N2/c1-9-4-3-5-11(6-9)21-15-8-13(19)12(18)7-14(15)20-16(21)10(2)17/h3-8,10H,1-2H3. The molecule has 0 aliphatic heterocycles. The molecule has 0 aliphatic rings. The number of imidazole rings is 1. The van der Waals surface area contributed by atoms with E-state index in [1.165, 1.54) is 5.56 Å². The summed E-state index contributed by atoms with van der Waals surface area (Å²) in [5, 5.41) is 0.772. The largest absolute Gasteiger partial charge is 0.295 e. The van der Waals surface area contributed by atoms with Crippen molar-refractivity contribution in [2.75, 3.05) is 0 Å². The second-order valence-corrected chi connectivity index (χ2v) is 6.48. The highest BCUT2D eigenvalue weighted by Gasteiger charge is 2.17. The average Bonchev–Trinajstić information content (AvgIpc) is 2.78. The molecule has 1 atom stereocenters. The Morgan fingerprint density at radius 1 is 1.10 bits per heavy atom. The highest BCUT2D eigenvalue weighted by atomic mass is 35.5. The number of halogens is 3. The fraction of sp³-hybridized carbons (Fsp3) is 0.188. The lowest BCUT2D eigenvalue weighted by atomic mass is 10.2. The van der Waals surface area contributed by atoms with Crippen LogP contribution < -0.4 is 0 Å². The minimum absolute atomic E-state index is 0.226. The van der Waals surface area contributed by atoms with E-state index >= 15 is 0 Å². The lowest BCUT2D eigenvalue weighted by Gasteiger charge is -2.11. The number of hydrogen-bond acceptors (Lipinski definition) is 1. The molecular weight excluding hydrogens is 327 g/mol. The zero-order valence-corrected chi connectivity index (χ0v) is 13.8. The highest BCUT2D eigenvalue weighted by Crippen LogP contribution is 2.33. The average molecular weight is 340 g/mol. The molecule has 2 aromatic carbocycles. The Kier molecular flexibility index (Phi) is 3.87. The maximum Gasteiger partial charge on any atom is 0.132 e. The van der Waals surface area contributed by atoms with Gasteiger partial charge in [-0.3, -0.25) is 4.57 Å². The number of aromatic nitrogens is 2. The minimum atomic E-state index is -0.226. The first-order valence-corrected chi connectivity index (χ1v) is 7.75. The second kappa shape index (κ2) is 5.53. The predicted octanol–water partition coefficient (Wildman–Crippen LogP) is 5.94. The van der Waals surface area contributed by atoms with Crippen LogP contribution in [0.15, 0.2) is 36.4 Å². The summed E-state index contributed by atoms with van der Waals surface area (Å²) in [6.45, 7) is 3.95. The van der Waals surface area contributed by atoms with Crippen LogP contribution in [0.3, 0.4) is 0 Å². The molecule has 5 heteroatoms. The number of alkyl halides is 1. The lowest BCUT2D eigenvalue weighted by molar-refractivity contribution is 0.882. The van der Waals surface area contributed by atoms with Crippen LogP contribution in [0.4, 0.5) is 0 Å². The van der Waals surface area contributed by atoms with Gasteiger partial charge in [-0.1, -0.05) is 35.3 Å². The molecular formula is C16H13Cl3N2. The Balaban J connectivity index is 2.38. The van der Waals surface area contributed by atoms with Crippen molar-refractivity contribution >= 4 is 45.8 Å². The van der Waals surface area contributed by atoms with Crippen molar-refractivity contribution in [3.8, 4) is 5.69 Å². The zero-order valence-electron chi connectivity index (χ0n) is 11.6. The van der Waals surface area contributed by atoms with Crippen LogP contribution in [0.5, 0.6) is 0 Å². The van der Waals surface area contributed by atoms with E-state index in [4.69, 9.17) is 34.8 Å². The van der Waals surface area contributed by atoms with Crippen LogP contribution >= 0.6 is 34.8 Å². The van der Waals surface area contributed by atoms with Gasteiger partial charge in [0, 0.05) is 5.69 Å². The van der Waals surface area contributed by atoms with Crippen molar-refractivity contribution in [2.45, 2.75) is 19.2 Å². The Morgan fingerprint density at radius 3 is 2.48 bits per heavy atom. The van der Waals surface area contributed by atoms with E-state index in [1.54, 1.807) is 6.07 Å². The van der Waals surface area contributed by atoms with Gasteiger partial charge in [0.2, 0.25) is 0 Å². The Morgan fingerprint density at radius 2 is 1.81 bits per heavy atom. The van der Waals surface area contributed by atoms with E-state index < -0.39 is 0 Å². The molecule has 21 heavy (non-hydrogen) atoms. The molecule has 3 rings (SSSR count). The Bertz CT molecular complexity index is 822. The van der Waals surface area contributed by atoms with Gasteiger partial charge in [0.1, 0.15) is 5.82 Å². The molecule has 0 bridgehead atoms. The molecule has 0 amide bonds. The monoisotopic (exact) mass is 338 g/mol. The summed E-state index contributed by atoms with van der Waals surface area (Å²) < 4.78 is 2.03. The molecule has 0 fully saturated rings.